The Balaban J connectivity index is 2.11. The maximum atomic E-state index is 12.5. The molecule has 0 aliphatic heterocycles. The number of nitrogens with zero attached hydrogens (tertiary/aromatic N) is 1. The van der Waals surface area contributed by atoms with Crippen LogP contribution in [0.1, 0.15) is 29.8 Å². The van der Waals surface area contributed by atoms with Crippen molar-refractivity contribution in [1.29, 1.82) is 0 Å². The van der Waals surface area contributed by atoms with Crippen LogP contribution in [0.2, 0.25) is 0 Å². The van der Waals surface area contributed by atoms with Gasteiger partial charge in [-0.2, -0.15) is 0 Å². The number of hydrogen-bond donors (Lipinski definition) is 0. The fourth-order valence-corrected chi connectivity index (χ4v) is 3.67. The molecule has 1 atom stereocenters. The molecule has 2 rings (SSSR count). The number of hydrogen-bond acceptors (Lipinski definition) is 5. The van der Waals surface area contributed by atoms with Crippen molar-refractivity contribution in [3.8, 4) is 0 Å². The third kappa shape index (κ3) is 5.17. The highest BCUT2D eigenvalue weighted by atomic mass is 32.2. The Morgan fingerprint density at radius 3 is 2.26 bits per heavy atom. The van der Waals surface area contributed by atoms with Crippen molar-refractivity contribution < 1.29 is 22.7 Å². The molecule has 1 amide bonds. The van der Waals surface area contributed by atoms with Crippen LogP contribution >= 0.6 is 0 Å². The lowest BCUT2D eigenvalue weighted by Gasteiger charge is -2.22. The van der Waals surface area contributed by atoms with E-state index in [4.69, 9.17) is 4.74 Å². The first-order chi connectivity index (χ1) is 12.8. The van der Waals surface area contributed by atoms with E-state index in [1.54, 1.807) is 19.2 Å². The van der Waals surface area contributed by atoms with Gasteiger partial charge in [-0.25, -0.2) is 13.2 Å². The Morgan fingerprint density at radius 2 is 1.63 bits per heavy atom. The molecular formula is C20H23NO5S. The molecule has 0 fully saturated rings. The van der Waals surface area contributed by atoms with Gasteiger partial charge in [0.2, 0.25) is 0 Å². The van der Waals surface area contributed by atoms with Gasteiger partial charge in [0.15, 0.2) is 15.9 Å². The predicted octanol–water partition coefficient (Wildman–Crippen LogP) is 2.68. The van der Waals surface area contributed by atoms with E-state index in [0.717, 1.165) is 5.56 Å². The third-order valence-electron chi connectivity index (χ3n) is 4.09. The Bertz CT molecular complexity index is 909. The first-order valence-electron chi connectivity index (χ1n) is 8.58. The number of rotatable bonds is 7. The maximum absolute atomic E-state index is 12.5. The zero-order valence-electron chi connectivity index (χ0n) is 15.6. The molecule has 0 saturated carbocycles. The van der Waals surface area contributed by atoms with E-state index in [1.807, 2.05) is 30.3 Å². The van der Waals surface area contributed by atoms with Gasteiger partial charge >= 0.3 is 5.97 Å². The smallest absolute Gasteiger partial charge is 0.340 e. The summed E-state index contributed by atoms with van der Waals surface area (Å²) < 4.78 is 29.6. The molecule has 27 heavy (non-hydrogen) atoms. The molecule has 0 saturated heterocycles. The first kappa shape index (κ1) is 20.6. The minimum atomic E-state index is -3.58. The summed E-state index contributed by atoms with van der Waals surface area (Å²) >= 11 is 0. The largest absolute Gasteiger partial charge is 0.449 e. The molecule has 0 unspecified atom stereocenters. The van der Waals surface area contributed by atoms with Crippen molar-refractivity contribution in [1.82, 2.24) is 4.90 Å². The first-order valence-corrected chi connectivity index (χ1v) is 10.2. The third-order valence-corrected chi connectivity index (χ3v) is 5.88. The SMILES string of the molecule is CCS(=O)(=O)c1ccccc1C(=O)O[C@H](C)C(=O)N(C)Cc1ccccc1. The van der Waals surface area contributed by atoms with Crippen molar-refractivity contribution in [3.63, 3.8) is 0 Å². The van der Waals surface area contributed by atoms with E-state index < -0.39 is 21.9 Å². The fourth-order valence-electron chi connectivity index (χ4n) is 2.58. The second-order valence-corrected chi connectivity index (χ2v) is 8.37. The van der Waals surface area contributed by atoms with Crippen molar-refractivity contribution in [2.75, 3.05) is 12.8 Å². The van der Waals surface area contributed by atoms with Crippen LogP contribution in [0.15, 0.2) is 59.5 Å². The monoisotopic (exact) mass is 389 g/mol. The van der Waals surface area contributed by atoms with E-state index in [-0.39, 0.29) is 22.1 Å². The topological polar surface area (TPSA) is 80.7 Å². The normalized spacial score (nSPS) is 12.3. The van der Waals surface area contributed by atoms with Gasteiger partial charge in [0.25, 0.3) is 5.91 Å². The van der Waals surface area contributed by atoms with Gasteiger partial charge in [0, 0.05) is 13.6 Å². The number of likely N-dealkylation sites (N-methyl/N-ethyl adjacent to an activating group) is 1. The average molecular weight is 389 g/mol. The van der Waals surface area contributed by atoms with Crippen LogP contribution in [-0.4, -0.2) is 44.1 Å². The summed E-state index contributed by atoms with van der Waals surface area (Å²) in [7, 11) is -1.96. The highest BCUT2D eigenvalue weighted by Crippen LogP contribution is 2.19. The summed E-state index contributed by atoms with van der Waals surface area (Å²) in [5.41, 5.74) is 0.885. The van der Waals surface area contributed by atoms with Gasteiger partial charge in [0.1, 0.15) is 0 Å². The summed E-state index contributed by atoms with van der Waals surface area (Å²) in [5, 5.41) is 0. The average Bonchev–Trinajstić information content (AvgIpc) is 2.68. The van der Waals surface area contributed by atoms with Gasteiger partial charge in [0.05, 0.1) is 16.2 Å². The second-order valence-electron chi connectivity index (χ2n) is 6.13. The van der Waals surface area contributed by atoms with E-state index in [2.05, 4.69) is 0 Å². The van der Waals surface area contributed by atoms with Crippen molar-refractivity contribution >= 4 is 21.7 Å². The standard InChI is InChI=1S/C20H23NO5S/c1-4-27(24,25)18-13-9-8-12-17(18)20(23)26-15(2)19(22)21(3)14-16-10-6-5-7-11-16/h5-13,15H,4,14H2,1-3H3/t15-/m1/s1. The number of carbonyl (C=O) groups excluding carboxylic acids is 2. The molecule has 0 bridgehead atoms. The van der Waals surface area contributed by atoms with Gasteiger partial charge in [-0.3, -0.25) is 4.79 Å². The molecule has 144 valence electrons. The van der Waals surface area contributed by atoms with Crippen LogP contribution in [0.3, 0.4) is 0 Å². The summed E-state index contributed by atoms with van der Waals surface area (Å²) in [4.78, 5) is 26.3. The van der Waals surface area contributed by atoms with E-state index in [9.17, 15) is 18.0 Å². The van der Waals surface area contributed by atoms with E-state index >= 15 is 0 Å². The van der Waals surface area contributed by atoms with Crippen LogP contribution in [0.25, 0.3) is 0 Å². The maximum Gasteiger partial charge on any atom is 0.340 e. The molecule has 0 heterocycles. The molecule has 6 nitrogen and oxygen atoms in total. The number of ether oxygens (including phenoxy) is 1. The zero-order valence-corrected chi connectivity index (χ0v) is 16.4. The number of benzene rings is 2. The van der Waals surface area contributed by atoms with Crippen LogP contribution in [-0.2, 0) is 25.9 Å². The van der Waals surface area contributed by atoms with Crippen molar-refractivity contribution in [3.05, 3.63) is 65.7 Å². The Morgan fingerprint density at radius 1 is 1.04 bits per heavy atom. The van der Waals surface area contributed by atoms with E-state index in [0.29, 0.717) is 6.54 Å². The van der Waals surface area contributed by atoms with Gasteiger partial charge in [-0.15, -0.1) is 0 Å². The minimum Gasteiger partial charge on any atom is -0.449 e. The van der Waals surface area contributed by atoms with Crippen molar-refractivity contribution in [2.45, 2.75) is 31.4 Å². The molecule has 0 spiro atoms. The number of carbonyl (C=O) groups is 2. The molecular weight excluding hydrogens is 366 g/mol. The Hall–Kier alpha value is -2.67. The lowest BCUT2D eigenvalue weighted by Crippen LogP contribution is -2.37. The lowest BCUT2D eigenvalue weighted by atomic mass is 10.2. The van der Waals surface area contributed by atoms with E-state index in [1.165, 1.54) is 30.9 Å². The molecule has 0 aliphatic carbocycles. The molecule has 0 radical (unpaired) electrons. The molecule has 0 aromatic heterocycles. The zero-order chi connectivity index (χ0) is 20.0. The summed E-state index contributed by atoms with van der Waals surface area (Å²) in [6, 6.07) is 15.3. The number of sulfone groups is 1. The molecule has 7 heteroatoms. The quantitative estimate of drug-likeness (QED) is 0.680. The van der Waals surface area contributed by atoms with Crippen molar-refractivity contribution in [2.24, 2.45) is 0 Å². The number of amides is 1. The lowest BCUT2D eigenvalue weighted by molar-refractivity contribution is -0.139. The second kappa shape index (κ2) is 8.81. The molecule has 0 aliphatic rings. The Kier molecular flexibility index (Phi) is 6.74. The van der Waals surface area contributed by atoms with Gasteiger partial charge in [-0.1, -0.05) is 49.4 Å². The molecule has 2 aromatic carbocycles. The van der Waals surface area contributed by atoms with Crippen LogP contribution < -0.4 is 0 Å². The minimum absolute atomic E-state index is 0.0651. The summed E-state index contributed by atoms with van der Waals surface area (Å²) in [5.74, 6) is -1.34. The van der Waals surface area contributed by atoms with Gasteiger partial charge < -0.3 is 9.64 Å². The molecule has 0 N–H and O–H groups in total. The summed E-state index contributed by atoms with van der Waals surface area (Å²) in [6.07, 6.45) is -1.04. The van der Waals surface area contributed by atoms with Crippen LogP contribution in [0.4, 0.5) is 0 Å². The van der Waals surface area contributed by atoms with Gasteiger partial charge in [-0.05, 0) is 24.6 Å². The summed E-state index contributed by atoms with van der Waals surface area (Å²) in [6.45, 7) is 3.35. The number of esters is 1. The van der Waals surface area contributed by atoms with Crippen LogP contribution in [0, 0.1) is 0 Å². The predicted molar refractivity (Wildman–Crippen MR) is 102 cm³/mol. The highest BCUT2D eigenvalue weighted by Gasteiger charge is 2.26. The molecule has 2 aromatic rings. The Labute approximate surface area is 159 Å². The van der Waals surface area contributed by atoms with Crippen LogP contribution in [0.5, 0.6) is 0 Å². The highest BCUT2D eigenvalue weighted by molar-refractivity contribution is 7.91. The fraction of sp³-hybridized carbons (Fsp3) is 0.300.